The minimum absolute atomic E-state index is 0.157. The largest absolute Gasteiger partial charge is 0.462 e. The highest BCUT2D eigenvalue weighted by Crippen LogP contribution is 2.51. The molecule has 0 radical (unpaired) electrons. The first-order valence-corrected chi connectivity index (χ1v) is 11.8. The van der Waals surface area contributed by atoms with Gasteiger partial charge < -0.3 is 19.3 Å². The first-order chi connectivity index (χ1) is 15.0. The van der Waals surface area contributed by atoms with Gasteiger partial charge in [-0.1, -0.05) is 38.0 Å². The molecule has 1 aromatic carbocycles. The minimum atomic E-state index is -0.251. The normalized spacial score (nSPS) is 23.5. The van der Waals surface area contributed by atoms with E-state index >= 15 is 0 Å². The van der Waals surface area contributed by atoms with Crippen molar-refractivity contribution in [3.8, 4) is 11.5 Å². The molecular weight excluding hydrogens is 388 g/mol. The van der Waals surface area contributed by atoms with Gasteiger partial charge in [0.1, 0.15) is 17.3 Å². The van der Waals surface area contributed by atoms with E-state index in [0.717, 1.165) is 61.4 Å². The van der Waals surface area contributed by atoms with Crippen molar-refractivity contribution in [2.75, 3.05) is 33.2 Å². The maximum absolute atomic E-state index is 13.0. The average Bonchev–Trinajstić information content (AvgIpc) is 2.74. The number of allylic oxidation sites excluding steroid dienone is 3. The molecule has 3 aliphatic rings. The molecular formula is C26H36N2O3. The third-order valence-corrected chi connectivity index (χ3v) is 6.93. The predicted octanol–water partition coefficient (Wildman–Crippen LogP) is 5.51. The molecule has 0 saturated carbocycles. The summed E-state index contributed by atoms with van der Waals surface area (Å²) in [6.07, 6.45) is 8.60. The highest BCUT2D eigenvalue weighted by molar-refractivity contribution is 5.72. The standard InChI is InChI=1S/C26H36N2O3/c1-5-6-7-8-20-16-23-25(22-15-18(2)9-10-21(22)19(3)30-23)24(17-20)31-26(29)28-13-11-27(4)12-14-28/h15-17,21-22H,3,5-14H2,1-2,4H3/t21-,22+/m1/s1. The third kappa shape index (κ3) is 4.82. The summed E-state index contributed by atoms with van der Waals surface area (Å²) in [6.45, 7) is 11.8. The zero-order valence-electron chi connectivity index (χ0n) is 19.3. The number of nitrogens with zero attached hydrogens (tertiary/aromatic N) is 2. The quantitative estimate of drug-likeness (QED) is 0.462. The van der Waals surface area contributed by atoms with E-state index in [1.54, 1.807) is 0 Å². The van der Waals surface area contributed by atoms with Gasteiger partial charge in [-0.15, -0.1) is 0 Å². The number of hydrogen-bond acceptors (Lipinski definition) is 4. The molecule has 0 spiro atoms. The molecule has 1 saturated heterocycles. The Bertz CT molecular complexity index is 868. The topological polar surface area (TPSA) is 42.0 Å². The Morgan fingerprint density at radius 1 is 1.23 bits per heavy atom. The lowest BCUT2D eigenvalue weighted by molar-refractivity contribution is 0.119. The molecule has 168 valence electrons. The summed E-state index contributed by atoms with van der Waals surface area (Å²) in [6, 6.07) is 4.21. The third-order valence-electron chi connectivity index (χ3n) is 6.93. The number of likely N-dealkylation sites (N-methyl/N-ethyl adjacent to an activating group) is 1. The van der Waals surface area contributed by atoms with Crippen LogP contribution in [0.15, 0.2) is 36.1 Å². The van der Waals surface area contributed by atoms with Crippen LogP contribution in [0.3, 0.4) is 0 Å². The van der Waals surface area contributed by atoms with Crippen LogP contribution in [0, 0.1) is 5.92 Å². The van der Waals surface area contributed by atoms with Crippen LogP contribution in [0.4, 0.5) is 4.79 Å². The van der Waals surface area contributed by atoms with E-state index in [9.17, 15) is 4.79 Å². The summed E-state index contributed by atoms with van der Waals surface area (Å²) in [5.74, 6) is 2.71. The molecule has 2 heterocycles. The van der Waals surface area contributed by atoms with Crippen molar-refractivity contribution < 1.29 is 14.3 Å². The molecule has 0 N–H and O–H groups in total. The van der Waals surface area contributed by atoms with E-state index in [0.29, 0.717) is 18.8 Å². The van der Waals surface area contributed by atoms with Gasteiger partial charge in [0.05, 0.1) is 0 Å². The first kappa shape index (κ1) is 21.9. The first-order valence-electron chi connectivity index (χ1n) is 11.8. The van der Waals surface area contributed by atoms with Crippen LogP contribution in [0.1, 0.15) is 63.0 Å². The van der Waals surface area contributed by atoms with Crippen molar-refractivity contribution in [3.63, 3.8) is 0 Å². The summed E-state index contributed by atoms with van der Waals surface area (Å²) in [5, 5.41) is 0. The molecule has 2 aliphatic heterocycles. The molecule has 0 aromatic heterocycles. The Balaban J connectivity index is 1.67. The predicted molar refractivity (Wildman–Crippen MR) is 124 cm³/mol. The second-order valence-corrected chi connectivity index (χ2v) is 9.37. The van der Waals surface area contributed by atoms with Crippen LogP contribution in [0.25, 0.3) is 0 Å². The van der Waals surface area contributed by atoms with Crippen LogP contribution in [-0.4, -0.2) is 49.1 Å². The van der Waals surface area contributed by atoms with Gasteiger partial charge in [0.2, 0.25) is 0 Å². The minimum Gasteiger partial charge on any atom is -0.462 e. The maximum Gasteiger partial charge on any atom is 0.415 e. The summed E-state index contributed by atoms with van der Waals surface area (Å²) < 4.78 is 12.3. The zero-order chi connectivity index (χ0) is 22.0. The van der Waals surface area contributed by atoms with Crippen LogP contribution >= 0.6 is 0 Å². The molecule has 0 bridgehead atoms. The number of piperazine rings is 1. The molecule has 1 aliphatic carbocycles. The number of ether oxygens (including phenoxy) is 2. The molecule has 2 atom stereocenters. The molecule has 31 heavy (non-hydrogen) atoms. The fraction of sp³-hybridized carbons (Fsp3) is 0.577. The number of rotatable bonds is 5. The highest BCUT2D eigenvalue weighted by atomic mass is 16.6. The second-order valence-electron chi connectivity index (χ2n) is 9.37. The van der Waals surface area contributed by atoms with E-state index in [1.165, 1.54) is 18.4 Å². The fourth-order valence-electron chi connectivity index (χ4n) is 4.96. The van der Waals surface area contributed by atoms with Crippen LogP contribution in [-0.2, 0) is 6.42 Å². The number of carbonyl (C=O) groups excluding carboxylic acids is 1. The van der Waals surface area contributed by atoms with Crippen molar-refractivity contribution in [2.45, 2.75) is 58.3 Å². The number of benzene rings is 1. The van der Waals surface area contributed by atoms with E-state index in [-0.39, 0.29) is 17.9 Å². The Hall–Kier alpha value is -2.27. The molecule has 0 unspecified atom stereocenters. The molecule has 1 fully saturated rings. The number of amides is 1. The zero-order valence-corrected chi connectivity index (χ0v) is 19.3. The van der Waals surface area contributed by atoms with Crippen LogP contribution < -0.4 is 9.47 Å². The van der Waals surface area contributed by atoms with Gasteiger partial charge in [0.25, 0.3) is 0 Å². The highest BCUT2D eigenvalue weighted by Gasteiger charge is 2.38. The second kappa shape index (κ2) is 9.47. The Labute approximate surface area is 186 Å². The van der Waals surface area contributed by atoms with Crippen molar-refractivity contribution in [1.82, 2.24) is 9.80 Å². The van der Waals surface area contributed by atoms with Gasteiger partial charge in [-0.25, -0.2) is 4.79 Å². The maximum atomic E-state index is 13.0. The van der Waals surface area contributed by atoms with Gasteiger partial charge in [-0.05, 0) is 57.4 Å². The van der Waals surface area contributed by atoms with Gasteiger partial charge in [0.15, 0.2) is 0 Å². The summed E-state index contributed by atoms with van der Waals surface area (Å²) in [4.78, 5) is 17.1. The van der Waals surface area contributed by atoms with E-state index in [4.69, 9.17) is 9.47 Å². The summed E-state index contributed by atoms with van der Waals surface area (Å²) >= 11 is 0. The Kier molecular flexibility index (Phi) is 6.71. The Morgan fingerprint density at radius 2 is 2.00 bits per heavy atom. The lowest BCUT2D eigenvalue weighted by Crippen LogP contribution is -2.48. The molecule has 4 rings (SSSR count). The van der Waals surface area contributed by atoms with Crippen molar-refractivity contribution >= 4 is 6.09 Å². The smallest absolute Gasteiger partial charge is 0.415 e. The van der Waals surface area contributed by atoms with Crippen LogP contribution in [0.5, 0.6) is 11.5 Å². The van der Waals surface area contributed by atoms with Crippen molar-refractivity contribution in [2.24, 2.45) is 5.92 Å². The van der Waals surface area contributed by atoms with E-state index in [1.807, 2.05) is 4.90 Å². The summed E-state index contributed by atoms with van der Waals surface area (Å²) in [7, 11) is 2.08. The number of carbonyl (C=O) groups is 1. The molecule has 1 aromatic rings. The molecule has 1 amide bonds. The number of aryl methyl sites for hydroxylation is 1. The van der Waals surface area contributed by atoms with E-state index < -0.39 is 0 Å². The Morgan fingerprint density at radius 3 is 2.74 bits per heavy atom. The van der Waals surface area contributed by atoms with Gasteiger partial charge in [-0.2, -0.15) is 0 Å². The molecule has 5 heteroatoms. The average molecular weight is 425 g/mol. The lowest BCUT2D eigenvalue weighted by atomic mass is 9.74. The molecule has 5 nitrogen and oxygen atoms in total. The van der Waals surface area contributed by atoms with Gasteiger partial charge >= 0.3 is 6.09 Å². The van der Waals surface area contributed by atoms with Crippen molar-refractivity contribution in [1.29, 1.82) is 0 Å². The summed E-state index contributed by atoms with van der Waals surface area (Å²) in [5.41, 5.74) is 3.56. The van der Waals surface area contributed by atoms with Gasteiger partial charge in [0, 0.05) is 43.6 Å². The number of hydrogen-bond donors (Lipinski definition) is 0. The number of fused-ring (bicyclic) bond motifs is 3. The fourth-order valence-corrected chi connectivity index (χ4v) is 4.96. The van der Waals surface area contributed by atoms with Crippen molar-refractivity contribution in [3.05, 3.63) is 47.2 Å². The van der Waals surface area contributed by atoms with Gasteiger partial charge in [-0.3, -0.25) is 0 Å². The van der Waals surface area contributed by atoms with Crippen LogP contribution in [0.2, 0.25) is 0 Å². The van der Waals surface area contributed by atoms with E-state index in [2.05, 4.69) is 50.6 Å². The number of unbranched alkanes of at least 4 members (excludes halogenated alkanes) is 2. The monoisotopic (exact) mass is 424 g/mol. The SMILES string of the molecule is C=C1Oc2cc(CCCCC)cc(OC(=O)N3CCN(C)CC3)c2[C@H]2C=C(C)CC[C@H]12. The lowest BCUT2D eigenvalue weighted by Gasteiger charge is -2.38.